The minimum atomic E-state index is 0.546. The molecule has 0 aliphatic carbocycles. The lowest BCUT2D eigenvalue weighted by Crippen LogP contribution is -2.52. The summed E-state index contributed by atoms with van der Waals surface area (Å²) < 4.78 is 4.49. The zero-order chi connectivity index (χ0) is 28.1. The van der Waals surface area contributed by atoms with Crippen molar-refractivity contribution in [3.63, 3.8) is 0 Å². The zero-order valence-corrected chi connectivity index (χ0v) is 25.8. The predicted molar refractivity (Wildman–Crippen MR) is 172 cm³/mol. The molecule has 0 amide bonds. The average molecular weight is 591 g/mol. The first-order valence-corrected chi connectivity index (χ1v) is 16.1. The molecule has 0 unspecified atom stereocenters. The highest BCUT2D eigenvalue weighted by molar-refractivity contribution is 8.02. The number of likely N-dealkylation sites (N-methyl/N-ethyl adjacent to an activating group) is 1. The van der Waals surface area contributed by atoms with Crippen molar-refractivity contribution >= 4 is 58.3 Å². The fourth-order valence-corrected chi connectivity index (χ4v) is 8.07. The highest BCUT2D eigenvalue weighted by atomic mass is 35.5. The van der Waals surface area contributed by atoms with Crippen molar-refractivity contribution in [1.82, 2.24) is 19.8 Å². The molecular weight excluding hydrogens is 552 g/mol. The third-order valence-electron chi connectivity index (χ3n) is 9.23. The van der Waals surface area contributed by atoms with Crippen LogP contribution in [0.4, 0.5) is 34.5 Å². The highest BCUT2D eigenvalue weighted by Crippen LogP contribution is 2.54. The lowest BCUT2D eigenvalue weighted by Gasteiger charge is -2.42. The SMILES string of the molecule is CCc1cc(N2CCC(N3CCN(C)CC3)CC2)ccc1Nc1ncc(Cl)c(N2SN3CCc4c(C)ccc2c43)n1. The molecule has 0 bridgehead atoms. The minimum absolute atomic E-state index is 0.546. The summed E-state index contributed by atoms with van der Waals surface area (Å²) in [4.78, 5) is 17.2. The number of benzene rings is 2. The van der Waals surface area contributed by atoms with Crippen LogP contribution in [0.25, 0.3) is 0 Å². The molecule has 2 aromatic carbocycles. The van der Waals surface area contributed by atoms with E-state index in [1.165, 1.54) is 67.1 Å². The van der Waals surface area contributed by atoms with Gasteiger partial charge in [-0.15, -0.1) is 0 Å². The molecule has 4 aliphatic heterocycles. The maximum Gasteiger partial charge on any atom is 0.229 e. The van der Waals surface area contributed by atoms with E-state index in [1.807, 2.05) is 0 Å². The number of nitrogens with zero attached hydrogens (tertiary/aromatic N) is 7. The van der Waals surface area contributed by atoms with E-state index < -0.39 is 0 Å². The molecule has 4 aliphatic rings. The first-order valence-electron chi connectivity index (χ1n) is 15.0. The van der Waals surface area contributed by atoms with E-state index in [4.69, 9.17) is 16.6 Å². The predicted octanol–water partition coefficient (Wildman–Crippen LogP) is 6.04. The fourth-order valence-electron chi connectivity index (χ4n) is 6.73. The average Bonchev–Trinajstić information content (AvgIpc) is 3.59. The Bertz CT molecular complexity index is 1430. The Labute approximate surface area is 252 Å². The van der Waals surface area contributed by atoms with Gasteiger partial charge in [-0.05, 0) is 80.6 Å². The molecule has 8 nitrogen and oxygen atoms in total. The second-order valence-corrected chi connectivity index (χ2v) is 13.1. The van der Waals surface area contributed by atoms with Crippen molar-refractivity contribution in [2.75, 3.05) is 71.7 Å². The van der Waals surface area contributed by atoms with Crippen LogP contribution in [0, 0.1) is 6.92 Å². The number of anilines is 6. The zero-order valence-electron chi connectivity index (χ0n) is 24.2. The first-order chi connectivity index (χ1) is 20.0. The van der Waals surface area contributed by atoms with Crippen molar-refractivity contribution in [1.29, 1.82) is 0 Å². The van der Waals surface area contributed by atoms with E-state index in [9.17, 15) is 0 Å². The molecule has 7 rings (SSSR count). The summed E-state index contributed by atoms with van der Waals surface area (Å²) in [6, 6.07) is 11.9. The largest absolute Gasteiger partial charge is 0.371 e. The second-order valence-electron chi connectivity index (χ2n) is 11.7. The molecule has 2 saturated heterocycles. The fraction of sp³-hybridized carbons (Fsp3) is 0.484. The van der Waals surface area contributed by atoms with Gasteiger partial charge in [0.15, 0.2) is 5.82 Å². The molecule has 5 heterocycles. The minimum Gasteiger partial charge on any atom is -0.371 e. The summed E-state index contributed by atoms with van der Waals surface area (Å²) in [5.74, 6) is 1.28. The standard InChI is InChI=1S/C31H39ClN8S/c1-4-22-19-24(37-12-9-23(10-13-37)38-17-15-36(3)16-18-38)6-7-27(22)34-31-33-20-26(32)30(35-31)40-28-8-5-21(2)25-11-14-39(41-40)29(25)28/h5-8,19-20,23H,4,9-18H2,1-3H3,(H,33,34,35). The number of halogens is 1. The van der Waals surface area contributed by atoms with E-state index in [0.29, 0.717) is 16.8 Å². The van der Waals surface area contributed by atoms with Gasteiger partial charge < -0.3 is 15.1 Å². The Morgan fingerprint density at radius 3 is 2.61 bits per heavy atom. The van der Waals surface area contributed by atoms with Gasteiger partial charge in [-0.25, -0.2) is 9.29 Å². The summed E-state index contributed by atoms with van der Waals surface area (Å²) >= 11 is 8.35. The summed E-state index contributed by atoms with van der Waals surface area (Å²) in [6.45, 7) is 12.4. The lowest BCUT2D eigenvalue weighted by molar-refractivity contribution is 0.0982. The lowest BCUT2D eigenvalue weighted by atomic mass is 10.0. The number of nitrogens with one attached hydrogen (secondary N) is 1. The smallest absolute Gasteiger partial charge is 0.229 e. The van der Waals surface area contributed by atoms with Crippen LogP contribution in [-0.4, -0.2) is 78.7 Å². The van der Waals surface area contributed by atoms with Crippen molar-refractivity contribution in [2.24, 2.45) is 0 Å². The number of aryl methyl sites for hydroxylation is 2. The summed E-state index contributed by atoms with van der Waals surface area (Å²) in [5.41, 5.74) is 8.85. The van der Waals surface area contributed by atoms with Crippen LogP contribution in [0.3, 0.4) is 0 Å². The van der Waals surface area contributed by atoms with Crippen molar-refractivity contribution in [3.05, 3.63) is 58.2 Å². The molecular formula is C31H39ClN8S. The molecule has 0 radical (unpaired) electrons. The van der Waals surface area contributed by atoms with Crippen molar-refractivity contribution in [3.8, 4) is 0 Å². The van der Waals surface area contributed by atoms with Gasteiger partial charge in [0.2, 0.25) is 5.95 Å². The molecule has 1 N–H and O–H groups in total. The number of rotatable bonds is 6. The van der Waals surface area contributed by atoms with Crippen molar-refractivity contribution < 1.29 is 0 Å². The van der Waals surface area contributed by atoms with Crippen LogP contribution in [0.5, 0.6) is 0 Å². The van der Waals surface area contributed by atoms with Crippen LogP contribution < -0.4 is 18.8 Å². The molecule has 3 aromatic rings. The number of piperidine rings is 1. The molecule has 0 atom stereocenters. The second kappa shape index (κ2) is 11.2. The summed E-state index contributed by atoms with van der Waals surface area (Å²) in [5, 5.41) is 4.05. The monoisotopic (exact) mass is 590 g/mol. The van der Waals surface area contributed by atoms with E-state index in [1.54, 1.807) is 18.3 Å². The Balaban J connectivity index is 1.06. The quantitative estimate of drug-likeness (QED) is 0.346. The van der Waals surface area contributed by atoms with Gasteiger partial charge in [0.05, 0.1) is 29.7 Å². The van der Waals surface area contributed by atoms with Gasteiger partial charge >= 0.3 is 0 Å². The molecule has 1 aromatic heterocycles. The van der Waals surface area contributed by atoms with Crippen LogP contribution in [0.15, 0.2) is 36.5 Å². The number of hydrogen-bond donors (Lipinski definition) is 1. The van der Waals surface area contributed by atoms with E-state index in [0.717, 1.165) is 49.9 Å². The maximum absolute atomic E-state index is 6.68. The Morgan fingerprint density at radius 2 is 1.83 bits per heavy atom. The Morgan fingerprint density at radius 1 is 1.02 bits per heavy atom. The summed E-state index contributed by atoms with van der Waals surface area (Å²) in [7, 11) is 2.23. The van der Waals surface area contributed by atoms with E-state index >= 15 is 0 Å². The van der Waals surface area contributed by atoms with Gasteiger partial charge in [0.25, 0.3) is 0 Å². The third kappa shape index (κ3) is 5.11. The van der Waals surface area contributed by atoms with Crippen LogP contribution in [-0.2, 0) is 12.8 Å². The molecule has 216 valence electrons. The first kappa shape index (κ1) is 27.1. The van der Waals surface area contributed by atoms with Crippen LogP contribution >= 0.6 is 23.7 Å². The molecule has 10 heteroatoms. The molecule has 0 saturated carbocycles. The highest BCUT2D eigenvalue weighted by Gasteiger charge is 2.37. The van der Waals surface area contributed by atoms with Gasteiger partial charge in [0, 0.05) is 63.2 Å². The van der Waals surface area contributed by atoms with E-state index in [-0.39, 0.29) is 0 Å². The topological polar surface area (TPSA) is 54.0 Å². The van der Waals surface area contributed by atoms with Gasteiger partial charge in [-0.1, -0.05) is 24.6 Å². The normalized spacial score (nSPS) is 19.8. The van der Waals surface area contributed by atoms with E-state index in [2.05, 4.69) is 84.8 Å². The Hall–Kier alpha value is -2.72. The van der Waals surface area contributed by atoms with Crippen LogP contribution in [0.1, 0.15) is 36.5 Å². The molecule has 2 fully saturated rings. The third-order valence-corrected chi connectivity index (χ3v) is 10.6. The number of aromatic nitrogens is 2. The summed E-state index contributed by atoms with van der Waals surface area (Å²) in [6.07, 6.45) is 6.21. The maximum atomic E-state index is 6.68. The number of hydrogen-bond acceptors (Lipinski definition) is 9. The molecule has 41 heavy (non-hydrogen) atoms. The van der Waals surface area contributed by atoms with Gasteiger partial charge in [-0.3, -0.25) is 9.21 Å². The number of piperazine rings is 1. The van der Waals surface area contributed by atoms with Crippen molar-refractivity contribution in [2.45, 2.75) is 45.6 Å². The van der Waals surface area contributed by atoms with Crippen LogP contribution in [0.2, 0.25) is 5.02 Å². The molecule has 0 spiro atoms. The Kier molecular flexibility index (Phi) is 7.39. The van der Waals surface area contributed by atoms with Gasteiger partial charge in [0.1, 0.15) is 5.02 Å². The van der Waals surface area contributed by atoms with Gasteiger partial charge in [-0.2, -0.15) is 4.98 Å².